The van der Waals surface area contributed by atoms with Gasteiger partial charge in [0.25, 0.3) is 0 Å². The molecule has 1 atom stereocenters. The summed E-state index contributed by atoms with van der Waals surface area (Å²) in [4.78, 5) is 0. The van der Waals surface area contributed by atoms with Crippen molar-refractivity contribution in [2.75, 3.05) is 0 Å². The van der Waals surface area contributed by atoms with Crippen LogP contribution in [-0.4, -0.2) is 0 Å². The van der Waals surface area contributed by atoms with Gasteiger partial charge in [-0.3, -0.25) is 0 Å². The highest BCUT2D eigenvalue weighted by Crippen LogP contribution is 2.25. The zero-order valence-corrected chi connectivity index (χ0v) is 13.3. The average Bonchev–Trinajstić information content (AvgIpc) is 2.53. The van der Waals surface area contributed by atoms with Gasteiger partial charge in [0.1, 0.15) is 0 Å². The Bertz CT molecular complexity index is 537. The van der Waals surface area contributed by atoms with Crippen LogP contribution in [0, 0.1) is 0 Å². The molecule has 2 aromatic rings. The Morgan fingerprint density at radius 2 is 1.57 bits per heavy atom. The van der Waals surface area contributed by atoms with E-state index in [1.807, 2.05) is 0 Å². The lowest BCUT2D eigenvalue weighted by molar-refractivity contribution is 0.660. The summed E-state index contributed by atoms with van der Waals surface area (Å²) in [7, 11) is 0. The monoisotopic (exact) mass is 278 g/mol. The fraction of sp³-hybridized carbons (Fsp3) is 0.333. The van der Waals surface area contributed by atoms with Gasteiger partial charge in [0.15, 0.2) is 0 Å². The number of rotatable bonds is 7. The van der Waals surface area contributed by atoms with Crippen LogP contribution >= 0.6 is 0 Å². The van der Waals surface area contributed by atoms with E-state index in [-0.39, 0.29) is 0 Å². The Hall–Kier alpha value is -1.82. The predicted molar refractivity (Wildman–Crippen MR) is 92.6 cm³/mol. The summed E-state index contributed by atoms with van der Waals surface area (Å²) >= 11 is 0. The number of unbranched alkanes of at least 4 members (excludes halogenated alkanes) is 1. The summed E-state index contributed by atoms with van der Waals surface area (Å²) in [5.41, 5.74) is 4.30. The van der Waals surface area contributed by atoms with Gasteiger partial charge >= 0.3 is 0 Å². The largest absolute Gasteiger partial charge is 0.0777 e. The molecule has 0 aliphatic carbocycles. The maximum Gasteiger partial charge on any atom is 0.00206 e. The minimum atomic E-state index is 0.551. The van der Waals surface area contributed by atoms with E-state index < -0.39 is 0 Å². The first-order valence-corrected chi connectivity index (χ1v) is 8.05. The first-order chi connectivity index (χ1) is 10.3. The Balaban J connectivity index is 2.11. The molecular formula is C21H26. The second-order valence-electron chi connectivity index (χ2n) is 5.83. The number of benzene rings is 2. The Morgan fingerprint density at radius 3 is 2.19 bits per heavy atom. The van der Waals surface area contributed by atoms with Gasteiger partial charge in [-0.05, 0) is 30.9 Å². The molecule has 0 heterocycles. The van der Waals surface area contributed by atoms with Gasteiger partial charge in [-0.2, -0.15) is 0 Å². The van der Waals surface area contributed by atoms with E-state index >= 15 is 0 Å². The predicted octanol–water partition coefficient (Wildman–Crippen LogP) is 6.15. The standard InChI is InChI=1S/C21H26/c1-3-4-13-21(20-14-9-6-10-15-20)17-18(2)16-19-11-7-5-8-12-19/h5-12,14-15,17,21H,3-4,13,16H2,1-2H3. The van der Waals surface area contributed by atoms with Gasteiger partial charge in [-0.15, -0.1) is 0 Å². The van der Waals surface area contributed by atoms with Crippen LogP contribution in [0.2, 0.25) is 0 Å². The maximum absolute atomic E-state index is 2.47. The van der Waals surface area contributed by atoms with Crippen LogP contribution in [0.25, 0.3) is 0 Å². The van der Waals surface area contributed by atoms with Gasteiger partial charge in [-0.25, -0.2) is 0 Å². The molecule has 110 valence electrons. The normalized spacial score (nSPS) is 13.1. The number of hydrogen-bond donors (Lipinski definition) is 0. The first-order valence-electron chi connectivity index (χ1n) is 8.05. The van der Waals surface area contributed by atoms with Crippen molar-refractivity contribution >= 4 is 0 Å². The van der Waals surface area contributed by atoms with E-state index in [0.29, 0.717) is 5.92 Å². The quantitative estimate of drug-likeness (QED) is 0.533. The van der Waals surface area contributed by atoms with Crippen LogP contribution in [0.3, 0.4) is 0 Å². The molecule has 2 rings (SSSR count). The zero-order valence-electron chi connectivity index (χ0n) is 13.3. The van der Waals surface area contributed by atoms with Gasteiger partial charge in [0.2, 0.25) is 0 Å². The van der Waals surface area contributed by atoms with Crippen molar-refractivity contribution in [3.05, 3.63) is 83.4 Å². The highest BCUT2D eigenvalue weighted by molar-refractivity contribution is 5.27. The minimum Gasteiger partial charge on any atom is -0.0777 e. The van der Waals surface area contributed by atoms with Crippen molar-refractivity contribution in [3.63, 3.8) is 0 Å². The lowest BCUT2D eigenvalue weighted by Crippen LogP contribution is -1.98. The molecule has 0 N–H and O–H groups in total. The Kier molecular flexibility index (Phi) is 6.27. The third kappa shape index (κ3) is 5.23. The second-order valence-corrected chi connectivity index (χ2v) is 5.83. The molecule has 1 unspecified atom stereocenters. The summed E-state index contributed by atoms with van der Waals surface area (Å²) in [6, 6.07) is 21.6. The topological polar surface area (TPSA) is 0 Å². The molecule has 0 aliphatic heterocycles. The van der Waals surface area contributed by atoms with E-state index in [2.05, 4.69) is 80.6 Å². The fourth-order valence-electron chi connectivity index (χ4n) is 2.79. The molecule has 2 aromatic carbocycles. The average molecular weight is 278 g/mol. The summed E-state index contributed by atoms with van der Waals surface area (Å²) in [6.07, 6.45) is 7.31. The van der Waals surface area contributed by atoms with Crippen LogP contribution in [0.15, 0.2) is 72.3 Å². The summed E-state index contributed by atoms with van der Waals surface area (Å²) in [6.45, 7) is 4.53. The molecule has 0 nitrogen and oxygen atoms in total. The molecule has 21 heavy (non-hydrogen) atoms. The number of hydrogen-bond acceptors (Lipinski definition) is 0. The minimum absolute atomic E-state index is 0.551. The highest BCUT2D eigenvalue weighted by atomic mass is 14.1. The van der Waals surface area contributed by atoms with Gasteiger partial charge in [-0.1, -0.05) is 92.1 Å². The van der Waals surface area contributed by atoms with E-state index in [0.717, 1.165) is 6.42 Å². The Labute approximate surface area is 129 Å². The SMILES string of the molecule is CCCCC(C=C(C)Cc1ccccc1)c1ccccc1. The number of allylic oxidation sites excluding steroid dienone is 2. The lowest BCUT2D eigenvalue weighted by atomic mass is 9.90. The Morgan fingerprint density at radius 1 is 0.952 bits per heavy atom. The third-order valence-electron chi connectivity index (χ3n) is 3.91. The van der Waals surface area contributed by atoms with Gasteiger partial charge in [0.05, 0.1) is 0 Å². The molecule has 0 aliphatic rings. The molecule has 0 amide bonds. The van der Waals surface area contributed by atoms with E-state index in [1.54, 1.807) is 0 Å². The first kappa shape index (κ1) is 15.6. The zero-order chi connectivity index (χ0) is 14.9. The molecule has 0 bridgehead atoms. The molecule has 0 aromatic heterocycles. The smallest absolute Gasteiger partial charge is 0.00206 e. The summed E-state index contributed by atoms with van der Waals surface area (Å²) in [5, 5.41) is 0. The van der Waals surface area contributed by atoms with Crippen molar-refractivity contribution in [2.45, 2.75) is 45.4 Å². The van der Waals surface area contributed by atoms with E-state index in [4.69, 9.17) is 0 Å². The van der Waals surface area contributed by atoms with Crippen molar-refractivity contribution in [2.24, 2.45) is 0 Å². The van der Waals surface area contributed by atoms with E-state index in [9.17, 15) is 0 Å². The van der Waals surface area contributed by atoms with Crippen molar-refractivity contribution in [1.82, 2.24) is 0 Å². The molecule has 0 fully saturated rings. The van der Waals surface area contributed by atoms with Crippen LogP contribution in [0.1, 0.15) is 50.2 Å². The molecule has 0 radical (unpaired) electrons. The maximum atomic E-state index is 2.47. The molecule has 0 saturated heterocycles. The summed E-state index contributed by atoms with van der Waals surface area (Å²) < 4.78 is 0. The third-order valence-corrected chi connectivity index (χ3v) is 3.91. The lowest BCUT2D eigenvalue weighted by Gasteiger charge is -2.15. The van der Waals surface area contributed by atoms with Gasteiger partial charge in [0, 0.05) is 5.92 Å². The van der Waals surface area contributed by atoms with Crippen molar-refractivity contribution < 1.29 is 0 Å². The van der Waals surface area contributed by atoms with E-state index in [1.165, 1.54) is 36.0 Å². The van der Waals surface area contributed by atoms with Gasteiger partial charge < -0.3 is 0 Å². The highest BCUT2D eigenvalue weighted by Gasteiger charge is 2.08. The summed E-state index contributed by atoms with van der Waals surface area (Å²) in [5.74, 6) is 0.551. The van der Waals surface area contributed by atoms with Crippen LogP contribution in [0.5, 0.6) is 0 Å². The van der Waals surface area contributed by atoms with Crippen molar-refractivity contribution in [1.29, 1.82) is 0 Å². The second kappa shape index (κ2) is 8.46. The van der Waals surface area contributed by atoms with Crippen LogP contribution in [0.4, 0.5) is 0 Å². The van der Waals surface area contributed by atoms with Crippen LogP contribution < -0.4 is 0 Å². The molecule has 0 spiro atoms. The van der Waals surface area contributed by atoms with Crippen LogP contribution in [-0.2, 0) is 6.42 Å². The fourth-order valence-corrected chi connectivity index (χ4v) is 2.79. The molecule has 0 heteroatoms. The molecular weight excluding hydrogens is 252 g/mol. The van der Waals surface area contributed by atoms with Crippen molar-refractivity contribution in [3.8, 4) is 0 Å². The molecule has 0 saturated carbocycles.